The minimum Gasteiger partial charge on any atom is -0.399 e. The molecule has 1 fully saturated rings. The van der Waals surface area contributed by atoms with Crippen molar-refractivity contribution in [2.24, 2.45) is 5.92 Å². The number of hydrogen-bond donors (Lipinski definition) is 1. The van der Waals surface area contributed by atoms with Crippen LogP contribution in [-0.4, -0.2) is 23.9 Å². The molecule has 3 nitrogen and oxygen atoms in total. The molecule has 3 rings (SSSR count). The molecule has 0 saturated carbocycles. The summed E-state index contributed by atoms with van der Waals surface area (Å²) < 4.78 is 0. The van der Waals surface area contributed by atoms with E-state index in [1.54, 1.807) is 0 Å². The van der Waals surface area contributed by atoms with Crippen molar-refractivity contribution in [3.8, 4) is 0 Å². The molecule has 2 aromatic carbocycles. The van der Waals surface area contributed by atoms with Gasteiger partial charge in [0.2, 0.25) is 5.91 Å². The third kappa shape index (κ3) is 4.35. The van der Waals surface area contributed by atoms with E-state index in [9.17, 15) is 4.79 Å². The van der Waals surface area contributed by atoms with Crippen molar-refractivity contribution in [2.45, 2.75) is 25.7 Å². The largest absolute Gasteiger partial charge is 0.399 e. The van der Waals surface area contributed by atoms with E-state index < -0.39 is 0 Å². The SMILES string of the molecule is Nc1cccc(CC(=O)N2CCC(Cc3ccccc3)CC2)c1. The molecule has 0 unspecified atom stereocenters. The van der Waals surface area contributed by atoms with Gasteiger partial charge in [-0.1, -0.05) is 42.5 Å². The topological polar surface area (TPSA) is 46.3 Å². The van der Waals surface area contributed by atoms with Gasteiger partial charge in [0, 0.05) is 18.8 Å². The van der Waals surface area contributed by atoms with Gasteiger partial charge in [-0.15, -0.1) is 0 Å². The number of benzene rings is 2. The first-order chi connectivity index (χ1) is 11.2. The Balaban J connectivity index is 1.49. The Kier molecular flexibility index (Phi) is 4.96. The summed E-state index contributed by atoms with van der Waals surface area (Å²) in [6.45, 7) is 1.75. The van der Waals surface area contributed by atoms with Crippen molar-refractivity contribution < 1.29 is 4.79 Å². The summed E-state index contributed by atoms with van der Waals surface area (Å²) in [5.74, 6) is 0.905. The van der Waals surface area contributed by atoms with Crippen LogP contribution in [-0.2, 0) is 17.6 Å². The lowest BCUT2D eigenvalue weighted by molar-refractivity contribution is -0.131. The highest BCUT2D eigenvalue weighted by Crippen LogP contribution is 2.22. The molecule has 23 heavy (non-hydrogen) atoms. The lowest BCUT2D eigenvalue weighted by Crippen LogP contribution is -2.39. The highest BCUT2D eigenvalue weighted by Gasteiger charge is 2.22. The fourth-order valence-corrected chi connectivity index (χ4v) is 3.32. The van der Waals surface area contributed by atoms with Gasteiger partial charge >= 0.3 is 0 Å². The number of nitrogens with zero attached hydrogens (tertiary/aromatic N) is 1. The molecule has 1 aliphatic rings. The van der Waals surface area contributed by atoms with Crippen LogP contribution in [0.4, 0.5) is 5.69 Å². The van der Waals surface area contributed by atoms with E-state index in [0.717, 1.165) is 43.6 Å². The number of nitrogens with two attached hydrogens (primary N) is 1. The van der Waals surface area contributed by atoms with Crippen LogP contribution in [0.3, 0.4) is 0 Å². The highest BCUT2D eigenvalue weighted by molar-refractivity contribution is 5.79. The minimum absolute atomic E-state index is 0.216. The molecule has 120 valence electrons. The lowest BCUT2D eigenvalue weighted by Gasteiger charge is -2.32. The van der Waals surface area contributed by atoms with Gasteiger partial charge in [0.15, 0.2) is 0 Å². The fourth-order valence-electron chi connectivity index (χ4n) is 3.32. The number of anilines is 1. The maximum absolute atomic E-state index is 12.4. The smallest absolute Gasteiger partial charge is 0.226 e. The number of nitrogen functional groups attached to an aromatic ring is 1. The van der Waals surface area contributed by atoms with Crippen LogP contribution in [0.15, 0.2) is 54.6 Å². The first-order valence-corrected chi connectivity index (χ1v) is 8.37. The highest BCUT2D eigenvalue weighted by atomic mass is 16.2. The van der Waals surface area contributed by atoms with Gasteiger partial charge in [0.05, 0.1) is 6.42 Å². The van der Waals surface area contributed by atoms with E-state index in [0.29, 0.717) is 12.3 Å². The quantitative estimate of drug-likeness (QED) is 0.881. The predicted octanol–water partition coefficient (Wildman–Crippen LogP) is 3.29. The van der Waals surface area contributed by atoms with Gasteiger partial charge in [-0.25, -0.2) is 0 Å². The molecule has 0 aliphatic carbocycles. The number of rotatable bonds is 4. The van der Waals surface area contributed by atoms with Gasteiger partial charge in [0.25, 0.3) is 0 Å². The molecule has 0 atom stereocenters. The van der Waals surface area contributed by atoms with Crippen LogP contribution in [0.25, 0.3) is 0 Å². The summed E-state index contributed by atoms with van der Waals surface area (Å²) in [5.41, 5.74) is 8.90. The average Bonchev–Trinajstić information content (AvgIpc) is 2.56. The summed E-state index contributed by atoms with van der Waals surface area (Å²) in [4.78, 5) is 14.4. The Bertz CT molecular complexity index is 646. The van der Waals surface area contributed by atoms with Crippen molar-refractivity contribution in [2.75, 3.05) is 18.8 Å². The van der Waals surface area contributed by atoms with E-state index in [1.165, 1.54) is 5.56 Å². The number of piperidine rings is 1. The molecule has 3 heteroatoms. The average molecular weight is 308 g/mol. The van der Waals surface area contributed by atoms with E-state index in [2.05, 4.69) is 30.3 Å². The maximum atomic E-state index is 12.4. The van der Waals surface area contributed by atoms with E-state index in [1.807, 2.05) is 29.2 Å². The number of hydrogen-bond acceptors (Lipinski definition) is 2. The first kappa shape index (κ1) is 15.6. The van der Waals surface area contributed by atoms with Crippen LogP contribution >= 0.6 is 0 Å². The number of carbonyl (C=O) groups excluding carboxylic acids is 1. The summed E-state index contributed by atoms with van der Waals surface area (Å²) in [5, 5.41) is 0. The Hall–Kier alpha value is -2.29. The molecule has 2 N–H and O–H groups in total. The van der Waals surface area contributed by atoms with Gasteiger partial charge in [0.1, 0.15) is 0 Å². The van der Waals surface area contributed by atoms with Crippen molar-refractivity contribution in [1.29, 1.82) is 0 Å². The Morgan fingerprint density at radius 1 is 1.00 bits per heavy atom. The molecule has 1 aliphatic heterocycles. The van der Waals surface area contributed by atoms with Crippen molar-refractivity contribution in [3.05, 3.63) is 65.7 Å². The molecular formula is C20H24N2O. The maximum Gasteiger partial charge on any atom is 0.226 e. The molecule has 0 spiro atoms. The third-order valence-electron chi connectivity index (χ3n) is 4.64. The van der Waals surface area contributed by atoms with E-state index >= 15 is 0 Å². The van der Waals surface area contributed by atoms with Gasteiger partial charge in [-0.2, -0.15) is 0 Å². The van der Waals surface area contributed by atoms with E-state index in [4.69, 9.17) is 5.73 Å². The summed E-state index contributed by atoms with van der Waals surface area (Å²) in [7, 11) is 0. The molecule has 2 aromatic rings. The van der Waals surface area contributed by atoms with Crippen molar-refractivity contribution in [1.82, 2.24) is 4.90 Å². The van der Waals surface area contributed by atoms with Gasteiger partial charge in [-0.3, -0.25) is 4.79 Å². The Morgan fingerprint density at radius 3 is 2.39 bits per heavy atom. The van der Waals surface area contributed by atoms with Crippen LogP contribution in [0, 0.1) is 5.92 Å². The summed E-state index contributed by atoms with van der Waals surface area (Å²) in [6.07, 6.45) is 3.77. The standard InChI is InChI=1S/C20H24N2O/c21-19-8-4-7-18(14-19)15-20(23)22-11-9-17(10-12-22)13-16-5-2-1-3-6-16/h1-8,14,17H,9-13,15,21H2. The molecule has 0 aromatic heterocycles. The predicted molar refractivity (Wildman–Crippen MR) is 94.0 cm³/mol. The van der Waals surface area contributed by atoms with Gasteiger partial charge < -0.3 is 10.6 Å². The van der Waals surface area contributed by atoms with Crippen molar-refractivity contribution >= 4 is 11.6 Å². The van der Waals surface area contributed by atoms with Crippen LogP contribution in [0.5, 0.6) is 0 Å². The molecule has 1 heterocycles. The Labute approximate surface area is 138 Å². The monoisotopic (exact) mass is 308 g/mol. The Morgan fingerprint density at radius 2 is 1.70 bits per heavy atom. The fraction of sp³-hybridized carbons (Fsp3) is 0.350. The van der Waals surface area contributed by atoms with Crippen LogP contribution in [0.2, 0.25) is 0 Å². The molecule has 1 amide bonds. The molecular weight excluding hydrogens is 284 g/mol. The number of amides is 1. The number of carbonyl (C=O) groups is 1. The lowest BCUT2D eigenvalue weighted by atomic mass is 9.90. The zero-order valence-electron chi connectivity index (χ0n) is 13.4. The summed E-state index contributed by atoms with van der Waals surface area (Å²) >= 11 is 0. The third-order valence-corrected chi connectivity index (χ3v) is 4.64. The van der Waals surface area contributed by atoms with Crippen LogP contribution < -0.4 is 5.73 Å². The van der Waals surface area contributed by atoms with Crippen molar-refractivity contribution in [3.63, 3.8) is 0 Å². The van der Waals surface area contributed by atoms with Crippen LogP contribution in [0.1, 0.15) is 24.0 Å². The first-order valence-electron chi connectivity index (χ1n) is 8.37. The molecule has 1 saturated heterocycles. The van der Waals surface area contributed by atoms with Gasteiger partial charge in [-0.05, 0) is 48.4 Å². The number of likely N-dealkylation sites (tertiary alicyclic amines) is 1. The second kappa shape index (κ2) is 7.32. The molecule has 0 radical (unpaired) electrons. The summed E-state index contributed by atoms with van der Waals surface area (Å²) in [6, 6.07) is 18.2. The second-order valence-corrected chi connectivity index (χ2v) is 6.44. The zero-order chi connectivity index (χ0) is 16.1. The van der Waals surface area contributed by atoms with E-state index in [-0.39, 0.29) is 5.91 Å². The second-order valence-electron chi connectivity index (χ2n) is 6.44. The zero-order valence-corrected chi connectivity index (χ0v) is 13.4. The normalized spacial score (nSPS) is 15.6. The minimum atomic E-state index is 0.216. The molecule has 0 bridgehead atoms.